The van der Waals surface area contributed by atoms with Crippen molar-refractivity contribution in [2.45, 2.75) is 6.54 Å². The maximum Gasteiger partial charge on any atom is 0.332 e. The lowest BCUT2D eigenvalue weighted by molar-refractivity contribution is -0.116. The second kappa shape index (κ2) is 6.60. The predicted octanol–water partition coefficient (Wildman–Crippen LogP) is 1.60. The Bertz CT molecular complexity index is 1110. The molecule has 0 spiro atoms. The van der Waals surface area contributed by atoms with E-state index in [9.17, 15) is 14.4 Å². The van der Waals surface area contributed by atoms with Gasteiger partial charge in [-0.15, -0.1) is 0 Å². The van der Waals surface area contributed by atoms with Gasteiger partial charge in [-0.05, 0) is 34.1 Å². The Hall–Kier alpha value is -2.20. The van der Waals surface area contributed by atoms with Gasteiger partial charge in [0.15, 0.2) is 11.2 Å². The fraction of sp³-hybridized carbons (Fsp3) is 0.200. The summed E-state index contributed by atoms with van der Waals surface area (Å²) in [6, 6.07) is 5.26. The molecular formula is C15H13Br2N5O3. The van der Waals surface area contributed by atoms with E-state index < -0.39 is 23.7 Å². The molecule has 0 aliphatic rings. The van der Waals surface area contributed by atoms with E-state index in [0.29, 0.717) is 10.2 Å². The molecule has 2 heterocycles. The highest BCUT2D eigenvalue weighted by atomic mass is 79.9. The summed E-state index contributed by atoms with van der Waals surface area (Å²) in [4.78, 5) is 41.3. The Balaban J connectivity index is 1.98. The lowest BCUT2D eigenvalue weighted by Gasteiger charge is -2.10. The molecule has 10 heteroatoms. The molecule has 3 aromatic rings. The maximum atomic E-state index is 12.6. The highest BCUT2D eigenvalue weighted by Crippen LogP contribution is 2.26. The predicted molar refractivity (Wildman–Crippen MR) is 101 cm³/mol. The van der Waals surface area contributed by atoms with E-state index in [2.05, 4.69) is 42.2 Å². The molecule has 2 aromatic heterocycles. The topological polar surface area (TPSA) is 90.9 Å². The molecule has 1 amide bonds. The second-order valence-electron chi connectivity index (χ2n) is 5.43. The number of nitrogens with one attached hydrogen (secondary N) is 1. The first-order valence-electron chi connectivity index (χ1n) is 7.15. The van der Waals surface area contributed by atoms with Crippen LogP contribution < -0.4 is 16.6 Å². The lowest BCUT2D eigenvalue weighted by atomic mass is 10.3. The van der Waals surface area contributed by atoms with Crippen LogP contribution in [0.25, 0.3) is 11.2 Å². The van der Waals surface area contributed by atoms with Crippen LogP contribution >= 0.6 is 31.9 Å². The van der Waals surface area contributed by atoms with Gasteiger partial charge in [-0.25, -0.2) is 14.3 Å². The average Bonchev–Trinajstić information content (AvgIpc) is 2.94. The van der Waals surface area contributed by atoms with Gasteiger partial charge in [-0.1, -0.05) is 15.9 Å². The molecule has 8 nitrogen and oxygen atoms in total. The van der Waals surface area contributed by atoms with Gasteiger partial charge in [0.05, 0.1) is 12.0 Å². The monoisotopic (exact) mass is 469 g/mol. The first kappa shape index (κ1) is 17.6. The number of anilines is 1. The maximum absolute atomic E-state index is 12.6. The molecule has 0 saturated heterocycles. The second-order valence-corrected chi connectivity index (χ2v) is 7.20. The minimum Gasteiger partial charge on any atom is -0.328 e. The smallest absolute Gasteiger partial charge is 0.328 e. The van der Waals surface area contributed by atoms with Crippen LogP contribution in [0.3, 0.4) is 0 Å². The van der Waals surface area contributed by atoms with Crippen molar-refractivity contribution in [2.24, 2.45) is 14.1 Å². The van der Waals surface area contributed by atoms with Gasteiger partial charge in [0.25, 0.3) is 5.56 Å². The van der Waals surface area contributed by atoms with Crippen LogP contribution in [0.1, 0.15) is 0 Å². The van der Waals surface area contributed by atoms with Crippen molar-refractivity contribution in [1.82, 2.24) is 18.7 Å². The number of amides is 1. The fourth-order valence-electron chi connectivity index (χ4n) is 2.46. The molecule has 0 bridgehead atoms. The number of imidazole rings is 1. The van der Waals surface area contributed by atoms with Crippen LogP contribution in [0.5, 0.6) is 0 Å². The summed E-state index contributed by atoms with van der Waals surface area (Å²) >= 11 is 6.68. The lowest BCUT2D eigenvalue weighted by Crippen LogP contribution is -2.42. The van der Waals surface area contributed by atoms with E-state index in [1.807, 2.05) is 0 Å². The molecule has 130 valence electrons. The van der Waals surface area contributed by atoms with Crippen molar-refractivity contribution in [1.29, 1.82) is 0 Å². The zero-order valence-corrected chi connectivity index (χ0v) is 16.5. The standard InChI is InChI=1S/C15H13Br2N5O3/c1-20-7-18-13-12(20)14(24)22(15(25)21(13)2)6-11(23)19-10-4-3-8(16)5-9(10)17/h3-5,7H,6H2,1-2H3,(H,19,23). The van der Waals surface area contributed by atoms with Crippen molar-refractivity contribution in [3.63, 3.8) is 0 Å². The molecule has 1 aromatic carbocycles. The SMILES string of the molecule is Cn1cnc2c1c(=O)n(CC(=O)Nc1ccc(Br)cc1Br)c(=O)n2C. The van der Waals surface area contributed by atoms with Gasteiger partial charge in [-0.3, -0.25) is 14.2 Å². The Kier molecular flexibility index (Phi) is 4.65. The van der Waals surface area contributed by atoms with E-state index in [-0.39, 0.29) is 11.2 Å². The van der Waals surface area contributed by atoms with Crippen LogP contribution in [-0.4, -0.2) is 24.6 Å². The number of benzene rings is 1. The van der Waals surface area contributed by atoms with Crippen LogP contribution in [-0.2, 0) is 25.4 Å². The number of carbonyl (C=O) groups excluding carboxylic acids is 1. The Morgan fingerprint density at radius 3 is 2.64 bits per heavy atom. The minimum absolute atomic E-state index is 0.264. The van der Waals surface area contributed by atoms with Crippen LogP contribution in [0.15, 0.2) is 43.1 Å². The van der Waals surface area contributed by atoms with E-state index in [0.717, 1.165) is 9.04 Å². The van der Waals surface area contributed by atoms with Crippen molar-refractivity contribution in [3.8, 4) is 0 Å². The quantitative estimate of drug-likeness (QED) is 0.629. The third-order valence-corrected chi connectivity index (χ3v) is 4.86. The summed E-state index contributed by atoms with van der Waals surface area (Å²) in [5.41, 5.74) is -0.0615. The van der Waals surface area contributed by atoms with Crippen LogP contribution in [0, 0.1) is 0 Å². The Morgan fingerprint density at radius 2 is 1.96 bits per heavy atom. The molecule has 0 aliphatic carbocycles. The van der Waals surface area contributed by atoms with Gasteiger partial charge in [0.2, 0.25) is 5.91 Å². The molecule has 25 heavy (non-hydrogen) atoms. The number of hydrogen-bond donors (Lipinski definition) is 1. The van der Waals surface area contributed by atoms with Gasteiger partial charge >= 0.3 is 5.69 Å². The summed E-state index contributed by atoms with van der Waals surface area (Å²) in [5.74, 6) is -0.483. The van der Waals surface area contributed by atoms with Gasteiger partial charge in [-0.2, -0.15) is 0 Å². The molecule has 0 radical (unpaired) electrons. The number of rotatable bonds is 3. The molecule has 0 atom stereocenters. The zero-order valence-electron chi connectivity index (χ0n) is 13.3. The number of aryl methyl sites for hydroxylation is 2. The van der Waals surface area contributed by atoms with Crippen molar-refractivity contribution in [3.05, 3.63) is 54.3 Å². The van der Waals surface area contributed by atoms with Crippen molar-refractivity contribution < 1.29 is 4.79 Å². The van der Waals surface area contributed by atoms with Gasteiger partial charge < -0.3 is 9.88 Å². The average molecular weight is 471 g/mol. The molecule has 1 N–H and O–H groups in total. The van der Waals surface area contributed by atoms with Crippen molar-refractivity contribution in [2.75, 3.05) is 5.32 Å². The molecule has 0 saturated carbocycles. The highest BCUT2D eigenvalue weighted by Gasteiger charge is 2.17. The summed E-state index contributed by atoms with van der Waals surface area (Å²) in [7, 11) is 3.17. The third kappa shape index (κ3) is 3.19. The van der Waals surface area contributed by atoms with Gasteiger partial charge in [0, 0.05) is 23.0 Å². The van der Waals surface area contributed by atoms with Gasteiger partial charge in [0.1, 0.15) is 6.54 Å². The molecule has 0 aliphatic heterocycles. The highest BCUT2D eigenvalue weighted by molar-refractivity contribution is 9.11. The molecule has 0 fully saturated rings. The first-order chi connectivity index (χ1) is 11.8. The Labute approximate surface area is 158 Å². The first-order valence-corrected chi connectivity index (χ1v) is 8.74. The molecular weight excluding hydrogens is 458 g/mol. The van der Waals surface area contributed by atoms with E-state index in [4.69, 9.17) is 0 Å². The fourth-order valence-corrected chi connectivity index (χ4v) is 3.61. The number of halogens is 2. The van der Waals surface area contributed by atoms with Crippen LogP contribution in [0.4, 0.5) is 5.69 Å². The minimum atomic E-state index is -0.596. The molecule has 3 rings (SSSR count). The molecule has 0 unspecified atom stereocenters. The number of fused-ring (bicyclic) bond motifs is 1. The number of aromatic nitrogens is 4. The summed E-state index contributed by atoms with van der Waals surface area (Å²) in [6.45, 7) is -0.394. The van der Waals surface area contributed by atoms with Crippen LogP contribution in [0.2, 0.25) is 0 Å². The van der Waals surface area contributed by atoms with E-state index >= 15 is 0 Å². The Morgan fingerprint density at radius 1 is 1.24 bits per heavy atom. The normalized spacial score (nSPS) is 11.0. The third-order valence-electron chi connectivity index (χ3n) is 3.71. The van der Waals surface area contributed by atoms with E-state index in [1.54, 1.807) is 25.2 Å². The summed E-state index contributed by atoms with van der Waals surface area (Å²) < 4.78 is 5.20. The van der Waals surface area contributed by atoms with E-state index in [1.165, 1.54) is 22.5 Å². The summed E-state index contributed by atoms with van der Waals surface area (Å²) in [6.07, 6.45) is 1.45. The number of nitrogens with zero attached hydrogens (tertiary/aromatic N) is 4. The summed E-state index contributed by atoms with van der Waals surface area (Å²) in [5, 5.41) is 2.68. The number of hydrogen-bond acceptors (Lipinski definition) is 4. The number of carbonyl (C=O) groups is 1. The van der Waals surface area contributed by atoms with Crippen molar-refractivity contribution >= 4 is 54.6 Å². The largest absolute Gasteiger partial charge is 0.332 e. The zero-order chi connectivity index (χ0) is 18.3.